The first kappa shape index (κ1) is 28.1. The van der Waals surface area contributed by atoms with Crippen LogP contribution in [0.4, 0.5) is 24.7 Å². The van der Waals surface area contributed by atoms with Crippen LogP contribution >= 0.6 is 0 Å². The molecule has 1 aliphatic heterocycles. The topological polar surface area (TPSA) is 153 Å². The van der Waals surface area contributed by atoms with Gasteiger partial charge in [-0.25, -0.2) is 4.79 Å². The SMILES string of the molecule is CC(C)(C)C(O)(c1ccc(Nc2nn(C3(CC#N)CCC(C(=O)O)OC3)c3cc[nH]c(=O)c23)cc1)C(F)(F)F. The van der Waals surface area contributed by atoms with Crippen molar-refractivity contribution in [3.8, 4) is 6.07 Å². The number of fused-ring (bicyclic) bond motifs is 1. The Morgan fingerprint density at radius 3 is 2.46 bits per heavy atom. The zero-order chi connectivity index (χ0) is 28.8. The van der Waals surface area contributed by atoms with E-state index in [1.165, 1.54) is 43.8 Å². The van der Waals surface area contributed by atoms with Gasteiger partial charge in [0.05, 0.1) is 30.2 Å². The number of carbonyl (C=O) groups is 1. The Morgan fingerprint density at radius 2 is 1.95 bits per heavy atom. The zero-order valence-electron chi connectivity index (χ0n) is 21.5. The Morgan fingerprint density at radius 1 is 1.28 bits per heavy atom. The number of carboxylic acid groups (broad SMARTS) is 1. The van der Waals surface area contributed by atoms with Crippen LogP contribution in [0.1, 0.15) is 45.6 Å². The van der Waals surface area contributed by atoms with E-state index in [0.717, 1.165) is 12.1 Å². The molecule has 1 saturated heterocycles. The molecule has 208 valence electrons. The van der Waals surface area contributed by atoms with Gasteiger partial charge in [0.2, 0.25) is 0 Å². The molecular weight excluding hydrogens is 519 g/mol. The molecule has 1 fully saturated rings. The molecule has 0 spiro atoms. The molecule has 0 radical (unpaired) electrons. The lowest BCUT2D eigenvalue weighted by atomic mass is 9.71. The summed E-state index contributed by atoms with van der Waals surface area (Å²) in [4.78, 5) is 26.8. The van der Waals surface area contributed by atoms with Crippen molar-refractivity contribution in [3.05, 3.63) is 52.4 Å². The predicted octanol–water partition coefficient (Wildman–Crippen LogP) is 4.14. The summed E-state index contributed by atoms with van der Waals surface area (Å²) in [5, 5.41) is 37.2. The molecule has 2 aromatic heterocycles. The fraction of sp³-hybridized carbons (Fsp3) is 0.462. The smallest absolute Gasteiger partial charge is 0.421 e. The van der Waals surface area contributed by atoms with Crippen LogP contribution in [0.3, 0.4) is 0 Å². The standard InChI is InChI=1S/C26H28F3N5O5/c1-23(2,3)25(38,26(27,28)29)15-4-6-16(7-5-15)32-20-19-17(9-13-31-21(19)35)34(33-20)24(11-12-30)10-8-18(22(36)37)39-14-24/h4-7,9,13,18,38H,8,10-11,14H2,1-3H3,(H,31,35)(H,32,33)(H,36,37). The van der Waals surface area contributed by atoms with E-state index >= 15 is 0 Å². The number of hydrogen-bond acceptors (Lipinski definition) is 7. The maximum Gasteiger partial charge on any atom is 0.421 e. The number of H-pyrrole nitrogens is 1. The van der Waals surface area contributed by atoms with Crippen molar-refractivity contribution < 1.29 is 32.9 Å². The number of nitrogens with one attached hydrogen (secondary N) is 2. The number of alkyl halides is 3. The van der Waals surface area contributed by atoms with Crippen LogP contribution in [0.5, 0.6) is 0 Å². The quantitative estimate of drug-likeness (QED) is 0.359. The Balaban J connectivity index is 1.75. The molecule has 4 rings (SSSR count). The maximum atomic E-state index is 13.9. The molecule has 3 unspecified atom stereocenters. The van der Waals surface area contributed by atoms with E-state index in [2.05, 4.69) is 21.5 Å². The lowest BCUT2D eigenvalue weighted by Crippen LogP contribution is -2.52. The van der Waals surface area contributed by atoms with Crippen LogP contribution in [0, 0.1) is 16.7 Å². The number of aromatic amines is 1. The minimum absolute atomic E-state index is 0.0696. The summed E-state index contributed by atoms with van der Waals surface area (Å²) >= 11 is 0. The van der Waals surface area contributed by atoms with Gasteiger partial charge in [-0.15, -0.1) is 0 Å². The number of rotatable bonds is 6. The van der Waals surface area contributed by atoms with Crippen molar-refractivity contribution in [2.24, 2.45) is 5.41 Å². The molecule has 4 N–H and O–H groups in total. The van der Waals surface area contributed by atoms with Gasteiger partial charge in [-0.05, 0) is 36.6 Å². The number of anilines is 2. The molecule has 0 aliphatic carbocycles. The molecule has 0 bridgehead atoms. The molecule has 1 aromatic carbocycles. The number of halogens is 3. The van der Waals surface area contributed by atoms with Crippen molar-refractivity contribution in [1.82, 2.24) is 14.8 Å². The van der Waals surface area contributed by atoms with Crippen LogP contribution in [-0.2, 0) is 20.7 Å². The summed E-state index contributed by atoms with van der Waals surface area (Å²) in [5.74, 6) is -1.03. The summed E-state index contributed by atoms with van der Waals surface area (Å²) in [7, 11) is 0. The number of pyridine rings is 1. The third kappa shape index (κ3) is 4.74. The second-order valence-electron chi connectivity index (χ2n) is 10.7. The first-order valence-electron chi connectivity index (χ1n) is 12.1. The molecule has 13 heteroatoms. The molecule has 3 heterocycles. The number of nitrogens with zero attached hydrogens (tertiary/aromatic N) is 3. The van der Waals surface area contributed by atoms with Crippen molar-refractivity contribution in [1.29, 1.82) is 5.26 Å². The highest BCUT2D eigenvalue weighted by atomic mass is 19.4. The van der Waals surface area contributed by atoms with Crippen LogP contribution < -0.4 is 10.9 Å². The summed E-state index contributed by atoms with van der Waals surface area (Å²) in [6.45, 7) is 3.76. The van der Waals surface area contributed by atoms with Gasteiger partial charge in [-0.3, -0.25) is 9.48 Å². The summed E-state index contributed by atoms with van der Waals surface area (Å²) in [6, 6.07) is 8.67. The van der Waals surface area contributed by atoms with Crippen LogP contribution in [0.2, 0.25) is 0 Å². The Hall–Kier alpha value is -3.89. The number of aliphatic hydroxyl groups is 1. The molecule has 1 aliphatic rings. The molecule has 0 amide bonds. The van der Waals surface area contributed by atoms with E-state index in [1.54, 1.807) is 6.07 Å². The highest BCUT2D eigenvalue weighted by molar-refractivity contribution is 5.91. The molecular formula is C26H28F3N5O5. The van der Waals surface area contributed by atoms with E-state index in [9.17, 15) is 38.2 Å². The number of aliphatic carboxylic acids is 1. The fourth-order valence-corrected chi connectivity index (χ4v) is 5.01. The number of benzene rings is 1. The minimum Gasteiger partial charge on any atom is -0.479 e. The van der Waals surface area contributed by atoms with E-state index in [0.29, 0.717) is 11.2 Å². The van der Waals surface area contributed by atoms with E-state index in [1.807, 2.05) is 0 Å². The highest BCUT2D eigenvalue weighted by Gasteiger charge is 2.61. The second-order valence-corrected chi connectivity index (χ2v) is 10.7. The second kappa shape index (κ2) is 9.69. The monoisotopic (exact) mass is 547 g/mol. The normalized spacial score (nSPS) is 21.7. The average molecular weight is 548 g/mol. The van der Waals surface area contributed by atoms with Gasteiger partial charge >= 0.3 is 12.1 Å². The number of nitriles is 1. The van der Waals surface area contributed by atoms with Crippen LogP contribution in [-0.4, -0.2) is 49.8 Å². The first-order valence-corrected chi connectivity index (χ1v) is 12.1. The number of hydrogen-bond donors (Lipinski definition) is 4. The van der Waals surface area contributed by atoms with Gasteiger partial charge in [0, 0.05) is 17.3 Å². The van der Waals surface area contributed by atoms with Gasteiger partial charge < -0.3 is 25.3 Å². The summed E-state index contributed by atoms with van der Waals surface area (Å²) in [5.41, 5.74) is -5.89. The zero-order valence-corrected chi connectivity index (χ0v) is 21.5. The van der Waals surface area contributed by atoms with E-state index in [-0.39, 0.29) is 42.6 Å². The molecule has 39 heavy (non-hydrogen) atoms. The Labute approximate surface area is 221 Å². The van der Waals surface area contributed by atoms with E-state index in [4.69, 9.17) is 4.74 Å². The predicted molar refractivity (Wildman–Crippen MR) is 134 cm³/mol. The molecule has 3 atom stereocenters. The van der Waals surface area contributed by atoms with Crippen molar-refractivity contribution in [3.63, 3.8) is 0 Å². The largest absolute Gasteiger partial charge is 0.479 e. The van der Waals surface area contributed by atoms with Gasteiger partial charge in [-0.1, -0.05) is 32.9 Å². The van der Waals surface area contributed by atoms with E-state index < -0.39 is 40.4 Å². The van der Waals surface area contributed by atoms with Crippen molar-refractivity contribution >= 4 is 28.4 Å². The van der Waals surface area contributed by atoms with Crippen LogP contribution in [0.15, 0.2) is 41.3 Å². The number of ether oxygens (including phenoxy) is 1. The highest BCUT2D eigenvalue weighted by Crippen LogP contribution is 2.50. The van der Waals surface area contributed by atoms with Gasteiger partial charge in [-0.2, -0.15) is 23.5 Å². The third-order valence-electron chi connectivity index (χ3n) is 7.22. The minimum atomic E-state index is -4.93. The van der Waals surface area contributed by atoms with Crippen LogP contribution in [0.25, 0.3) is 10.9 Å². The summed E-state index contributed by atoms with van der Waals surface area (Å²) < 4.78 is 48.8. The lowest BCUT2D eigenvalue weighted by Gasteiger charge is -2.41. The average Bonchev–Trinajstić information content (AvgIpc) is 3.23. The van der Waals surface area contributed by atoms with Gasteiger partial charge in [0.15, 0.2) is 17.5 Å². The van der Waals surface area contributed by atoms with Crippen molar-refractivity contribution in [2.75, 3.05) is 11.9 Å². The van der Waals surface area contributed by atoms with Crippen molar-refractivity contribution in [2.45, 2.75) is 63.5 Å². The fourth-order valence-electron chi connectivity index (χ4n) is 5.01. The molecule has 3 aromatic rings. The number of carboxylic acids is 1. The summed E-state index contributed by atoms with van der Waals surface area (Å²) in [6.07, 6.45) is -4.24. The lowest BCUT2D eigenvalue weighted by molar-refractivity contribution is -0.302. The Kier molecular flexibility index (Phi) is 6.99. The maximum absolute atomic E-state index is 13.9. The van der Waals surface area contributed by atoms with Gasteiger partial charge in [0.1, 0.15) is 5.39 Å². The Bertz CT molecular complexity index is 1460. The molecule has 10 nitrogen and oxygen atoms in total. The first-order chi connectivity index (χ1) is 18.1. The third-order valence-corrected chi connectivity index (χ3v) is 7.22. The van der Waals surface area contributed by atoms with Gasteiger partial charge in [0.25, 0.3) is 5.56 Å². The molecule has 0 saturated carbocycles. The number of aromatic nitrogens is 3.